The molecule has 0 aliphatic heterocycles. The van der Waals surface area contributed by atoms with Gasteiger partial charge in [-0.2, -0.15) is 0 Å². The molecular formula is HNO3Pb. The number of hydrogen-bond acceptors (Lipinski definition) is 3. The molecule has 0 aromatic carbocycles. The first-order chi connectivity index (χ1) is 1.73. The Morgan fingerprint density at radius 2 is 1.40 bits per heavy atom. The summed E-state index contributed by atoms with van der Waals surface area (Å²) in [5, 5.41) is 14.8. The molecule has 0 aliphatic carbocycles. The van der Waals surface area contributed by atoms with Crippen molar-refractivity contribution in [2.24, 2.45) is 0 Å². The monoisotopic (exact) mass is 271 g/mol. The average molecular weight is 270 g/mol. The van der Waals surface area contributed by atoms with Gasteiger partial charge in [0.15, 0.2) is 0 Å². The molecule has 0 bridgehead atoms. The van der Waals surface area contributed by atoms with E-state index in [-0.39, 0.29) is 27.3 Å². The van der Waals surface area contributed by atoms with Gasteiger partial charge in [0, 0.05) is 0 Å². The fourth-order valence-corrected chi connectivity index (χ4v) is 0. The predicted octanol–water partition coefficient (Wildman–Crippen LogP) is -0.888. The molecule has 0 spiro atoms. The van der Waals surface area contributed by atoms with Gasteiger partial charge >= 0.3 is 27.3 Å². The first-order valence-electron chi connectivity index (χ1n) is 0.548. The van der Waals surface area contributed by atoms with Gasteiger partial charge in [0.1, 0.15) is 0 Å². The van der Waals surface area contributed by atoms with Crippen LogP contribution in [-0.2, 0) is 0 Å². The standard InChI is InChI=1S/NO3.Pb.H/c2-1(3)4;;/q-1;+1;. The van der Waals surface area contributed by atoms with E-state index in [0.717, 1.165) is 0 Å². The van der Waals surface area contributed by atoms with Crippen LogP contribution in [0.4, 0.5) is 0 Å². The van der Waals surface area contributed by atoms with E-state index >= 15 is 0 Å². The van der Waals surface area contributed by atoms with Crippen LogP contribution in [0.1, 0.15) is 0 Å². The van der Waals surface area contributed by atoms with E-state index < -0.39 is 5.09 Å². The molecular weight excluding hydrogens is 269 g/mol. The number of hydrogen-bond donors (Lipinski definition) is 0. The minimum absolute atomic E-state index is 0. The fraction of sp³-hybridized carbons (Fsp3) is 0. The van der Waals surface area contributed by atoms with Crippen molar-refractivity contribution >= 4 is 27.3 Å². The summed E-state index contributed by atoms with van der Waals surface area (Å²) in [5.41, 5.74) is 0. The Kier molecular flexibility index (Phi) is 7.36. The molecule has 0 aliphatic rings. The molecule has 2 radical (unpaired) electrons. The van der Waals surface area contributed by atoms with Gasteiger partial charge in [-0.05, 0) is 0 Å². The van der Waals surface area contributed by atoms with E-state index in [2.05, 4.69) is 0 Å². The van der Waals surface area contributed by atoms with Crippen LogP contribution in [0.2, 0.25) is 0 Å². The zero-order valence-electron chi connectivity index (χ0n) is 2.25. The molecule has 0 saturated heterocycles. The topological polar surface area (TPSA) is 66.2 Å². The van der Waals surface area contributed by atoms with E-state index in [1.807, 2.05) is 0 Å². The second kappa shape index (κ2) is 4.12. The molecule has 28 valence electrons. The van der Waals surface area contributed by atoms with Gasteiger partial charge in [0.25, 0.3) is 0 Å². The van der Waals surface area contributed by atoms with Gasteiger partial charge in [0.05, 0.1) is 5.09 Å². The Bertz CT molecular complexity index is 29.9. The second-order valence-corrected chi connectivity index (χ2v) is 0.224. The van der Waals surface area contributed by atoms with Gasteiger partial charge in [-0.1, -0.05) is 0 Å². The molecule has 0 N–H and O–H groups in total. The molecule has 0 aromatic rings. The average Bonchev–Trinajstić information content (AvgIpc) is 0.811. The Labute approximate surface area is 48.1 Å². The molecule has 0 unspecified atom stereocenters. The van der Waals surface area contributed by atoms with Gasteiger partial charge in [-0.25, -0.2) is 0 Å². The minimum atomic E-state index is -1.75. The van der Waals surface area contributed by atoms with Crippen LogP contribution in [0.5, 0.6) is 0 Å². The molecule has 0 amide bonds. The maximum absolute atomic E-state index is 8.25. The van der Waals surface area contributed by atoms with Gasteiger partial charge < -0.3 is 15.3 Å². The molecule has 0 fully saturated rings. The van der Waals surface area contributed by atoms with Gasteiger partial charge in [-0.3, -0.25) is 0 Å². The zero-order valence-corrected chi connectivity index (χ0v) is 6.74. The van der Waals surface area contributed by atoms with E-state index in [1.165, 1.54) is 0 Å². The molecule has 4 nitrogen and oxygen atoms in total. The van der Waals surface area contributed by atoms with Crippen LogP contribution in [-0.4, -0.2) is 32.4 Å². The quantitative estimate of drug-likeness (QED) is 0.326. The van der Waals surface area contributed by atoms with E-state index in [9.17, 15) is 0 Å². The van der Waals surface area contributed by atoms with Crippen LogP contribution < -0.4 is 0 Å². The van der Waals surface area contributed by atoms with Crippen molar-refractivity contribution in [3.8, 4) is 0 Å². The molecule has 0 heterocycles. The zero-order chi connectivity index (χ0) is 3.58. The van der Waals surface area contributed by atoms with Crippen molar-refractivity contribution in [3.05, 3.63) is 15.3 Å². The van der Waals surface area contributed by atoms with Crippen LogP contribution in [0.15, 0.2) is 0 Å². The summed E-state index contributed by atoms with van der Waals surface area (Å²) >= 11 is 0. The Hall–Kier alpha value is 0.122. The number of rotatable bonds is 0. The fourth-order valence-electron chi connectivity index (χ4n) is 0. The SMILES string of the molecule is O=[N+]([O-])[O-].[PbH+]. The summed E-state index contributed by atoms with van der Waals surface area (Å²) in [6, 6.07) is 0. The summed E-state index contributed by atoms with van der Waals surface area (Å²) in [6.07, 6.45) is 0. The number of nitrogens with zero attached hydrogens (tertiary/aromatic N) is 1. The van der Waals surface area contributed by atoms with Crippen LogP contribution in [0.3, 0.4) is 0 Å². The van der Waals surface area contributed by atoms with E-state index in [0.29, 0.717) is 0 Å². The molecule has 5 heavy (non-hydrogen) atoms. The van der Waals surface area contributed by atoms with Crippen LogP contribution >= 0.6 is 0 Å². The summed E-state index contributed by atoms with van der Waals surface area (Å²) in [4.78, 5) is 8.25. The molecule has 0 rings (SSSR count). The summed E-state index contributed by atoms with van der Waals surface area (Å²) < 4.78 is 0. The predicted molar refractivity (Wildman–Crippen MR) is 17.5 cm³/mol. The maximum atomic E-state index is 8.25. The molecule has 0 aromatic heterocycles. The van der Waals surface area contributed by atoms with E-state index in [1.54, 1.807) is 0 Å². The van der Waals surface area contributed by atoms with Crippen molar-refractivity contribution in [2.75, 3.05) is 0 Å². The van der Waals surface area contributed by atoms with Crippen molar-refractivity contribution in [1.82, 2.24) is 0 Å². The van der Waals surface area contributed by atoms with Crippen molar-refractivity contribution in [3.63, 3.8) is 0 Å². The Balaban J connectivity index is 0. The van der Waals surface area contributed by atoms with Crippen molar-refractivity contribution in [2.45, 2.75) is 0 Å². The first-order valence-corrected chi connectivity index (χ1v) is 0.548. The van der Waals surface area contributed by atoms with Crippen LogP contribution in [0.25, 0.3) is 0 Å². The Morgan fingerprint density at radius 3 is 1.40 bits per heavy atom. The third-order valence-corrected chi connectivity index (χ3v) is 0. The van der Waals surface area contributed by atoms with Crippen molar-refractivity contribution in [1.29, 1.82) is 0 Å². The summed E-state index contributed by atoms with van der Waals surface area (Å²) in [7, 11) is 0. The summed E-state index contributed by atoms with van der Waals surface area (Å²) in [5.74, 6) is 0. The molecule has 0 atom stereocenters. The normalized spacial score (nSPS) is 4.80. The summed E-state index contributed by atoms with van der Waals surface area (Å²) in [6.45, 7) is 0. The van der Waals surface area contributed by atoms with Gasteiger partial charge in [0.2, 0.25) is 0 Å². The molecule has 5 heteroatoms. The molecule has 0 saturated carbocycles. The third-order valence-electron chi connectivity index (χ3n) is 0. The van der Waals surface area contributed by atoms with Crippen molar-refractivity contribution < 1.29 is 5.09 Å². The Morgan fingerprint density at radius 1 is 1.40 bits per heavy atom. The van der Waals surface area contributed by atoms with Crippen LogP contribution in [0, 0.1) is 15.3 Å². The van der Waals surface area contributed by atoms with Gasteiger partial charge in [-0.15, -0.1) is 0 Å². The first kappa shape index (κ1) is 8.93. The third kappa shape index (κ3) is 1250. The second-order valence-electron chi connectivity index (χ2n) is 0.224. The van der Waals surface area contributed by atoms with E-state index in [4.69, 9.17) is 15.3 Å².